The maximum absolute atomic E-state index is 13.6. The highest BCUT2D eigenvalue weighted by Crippen LogP contribution is 2.26. The summed E-state index contributed by atoms with van der Waals surface area (Å²) in [5.74, 6) is 1.06. The Morgan fingerprint density at radius 3 is 2.77 bits per heavy atom. The smallest absolute Gasteiger partial charge is 0.267 e. The average Bonchev–Trinajstić information content (AvgIpc) is 2.85. The van der Waals surface area contributed by atoms with Crippen LogP contribution in [0.2, 0.25) is 0 Å². The van der Waals surface area contributed by atoms with E-state index in [9.17, 15) is 14.9 Å². The van der Waals surface area contributed by atoms with E-state index in [0.29, 0.717) is 35.4 Å². The fourth-order valence-corrected chi connectivity index (χ4v) is 4.34. The zero-order valence-electron chi connectivity index (χ0n) is 20.2. The number of carbonyl (C=O) groups excluding carboxylic acids is 1. The maximum Gasteiger partial charge on any atom is 0.267 e. The van der Waals surface area contributed by atoms with E-state index >= 15 is 0 Å². The second-order valence-corrected chi connectivity index (χ2v) is 8.81. The van der Waals surface area contributed by atoms with Crippen LogP contribution in [0, 0.1) is 24.2 Å². The quantitative estimate of drug-likeness (QED) is 0.428. The Labute approximate surface area is 204 Å². The van der Waals surface area contributed by atoms with Gasteiger partial charge >= 0.3 is 0 Å². The topological polar surface area (TPSA) is 99.7 Å². The van der Waals surface area contributed by atoms with Gasteiger partial charge in [-0.15, -0.1) is 0 Å². The molecule has 3 aromatic rings. The number of carbonyl (C=O) groups is 1. The number of nitrogens with one attached hydrogen (secondary N) is 1. The Kier molecular flexibility index (Phi) is 7.16. The van der Waals surface area contributed by atoms with Gasteiger partial charge in [-0.2, -0.15) is 5.26 Å². The number of anilines is 2. The summed E-state index contributed by atoms with van der Waals surface area (Å²) in [6, 6.07) is 12.5. The van der Waals surface area contributed by atoms with Crippen LogP contribution in [0.3, 0.4) is 0 Å². The van der Waals surface area contributed by atoms with Crippen LogP contribution in [0.4, 0.5) is 11.5 Å². The molecular formula is C27H29N5O3. The van der Waals surface area contributed by atoms with Crippen LogP contribution < -0.4 is 20.5 Å². The molecule has 0 bridgehead atoms. The lowest BCUT2D eigenvalue weighted by atomic mass is 10.00. The van der Waals surface area contributed by atoms with Gasteiger partial charge in [0.2, 0.25) is 0 Å². The molecule has 1 N–H and O–H groups in total. The molecule has 4 rings (SSSR count). The standard InChI is InChI=1S/C27H29N5O3/c1-4-35-22-11-9-21(10-12-22)29-26(33)20(16-28)15-23-25(31-13-5-7-18(2)17-31)30-24-19(3)8-6-14-32(24)27(23)34/h6,8-12,14-15,18H,4-5,7,13,17H2,1-3H3,(H,29,33)/b20-15+. The number of amides is 1. The van der Waals surface area contributed by atoms with Crippen molar-refractivity contribution < 1.29 is 9.53 Å². The minimum atomic E-state index is -0.594. The summed E-state index contributed by atoms with van der Waals surface area (Å²) >= 11 is 0. The molecule has 1 fully saturated rings. The van der Waals surface area contributed by atoms with Crippen LogP contribution in [0.15, 0.2) is 53.0 Å². The Morgan fingerprint density at radius 2 is 2.09 bits per heavy atom. The summed E-state index contributed by atoms with van der Waals surface area (Å²) in [6.45, 7) is 8.04. The molecule has 1 amide bonds. The van der Waals surface area contributed by atoms with Gasteiger partial charge in [0.15, 0.2) is 0 Å². The largest absolute Gasteiger partial charge is 0.494 e. The number of benzene rings is 1. The normalized spacial score (nSPS) is 16.1. The Morgan fingerprint density at radius 1 is 1.31 bits per heavy atom. The van der Waals surface area contributed by atoms with E-state index < -0.39 is 5.91 Å². The molecule has 1 saturated heterocycles. The van der Waals surface area contributed by atoms with Gasteiger partial charge in [-0.1, -0.05) is 13.0 Å². The molecule has 8 nitrogen and oxygen atoms in total. The zero-order chi connectivity index (χ0) is 24.9. The molecule has 180 valence electrons. The van der Waals surface area contributed by atoms with E-state index in [1.165, 1.54) is 10.5 Å². The van der Waals surface area contributed by atoms with Crippen molar-refractivity contribution >= 4 is 29.1 Å². The lowest BCUT2D eigenvalue weighted by molar-refractivity contribution is -0.112. The monoisotopic (exact) mass is 471 g/mol. The van der Waals surface area contributed by atoms with Crippen molar-refractivity contribution in [1.29, 1.82) is 5.26 Å². The third-order valence-electron chi connectivity index (χ3n) is 6.10. The van der Waals surface area contributed by atoms with Crippen LogP contribution in [0.1, 0.15) is 37.8 Å². The number of ether oxygens (including phenoxy) is 1. The number of piperidine rings is 1. The van der Waals surface area contributed by atoms with E-state index in [0.717, 1.165) is 31.5 Å². The molecular weight excluding hydrogens is 442 g/mol. The molecule has 0 radical (unpaired) electrons. The van der Waals surface area contributed by atoms with E-state index in [1.54, 1.807) is 36.5 Å². The molecule has 0 aliphatic carbocycles. The summed E-state index contributed by atoms with van der Waals surface area (Å²) < 4.78 is 6.89. The van der Waals surface area contributed by atoms with Gasteiger partial charge in [0, 0.05) is 25.0 Å². The number of nitrogens with zero attached hydrogens (tertiary/aromatic N) is 4. The van der Waals surface area contributed by atoms with Crippen LogP contribution in [0.5, 0.6) is 5.75 Å². The second-order valence-electron chi connectivity index (χ2n) is 8.81. The van der Waals surface area contributed by atoms with Crippen molar-refractivity contribution in [3.05, 3.63) is 69.6 Å². The van der Waals surface area contributed by atoms with Crippen LogP contribution in [0.25, 0.3) is 11.7 Å². The maximum atomic E-state index is 13.6. The number of pyridine rings is 1. The average molecular weight is 472 g/mol. The first kappa shape index (κ1) is 24.0. The van der Waals surface area contributed by atoms with Gasteiger partial charge in [0.25, 0.3) is 11.5 Å². The third kappa shape index (κ3) is 5.19. The minimum Gasteiger partial charge on any atom is -0.494 e. The molecule has 1 aromatic carbocycles. The van der Waals surface area contributed by atoms with Gasteiger partial charge in [0.1, 0.15) is 28.9 Å². The first-order valence-corrected chi connectivity index (χ1v) is 11.8. The summed E-state index contributed by atoms with van der Waals surface area (Å²) in [5.41, 5.74) is 1.72. The Balaban J connectivity index is 1.76. The fraction of sp³-hybridized carbons (Fsp3) is 0.333. The molecule has 0 saturated carbocycles. The van der Waals surface area contributed by atoms with E-state index in [-0.39, 0.29) is 16.7 Å². The van der Waals surface area contributed by atoms with Crippen molar-refractivity contribution in [3.8, 4) is 11.8 Å². The summed E-state index contributed by atoms with van der Waals surface area (Å²) in [6.07, 6.45) is 5.12. The number of hydrogen-bond acceptors (Lipinski definition) is 6. The van der Waals surface area contributed by atoms with E-state index in [4.69, 9.17) is 9.72 Å². The van der Waals surface area contributed by atoms with Gasteiger partial charge in [-0.3, -0.25) is 14.0 Å². The number of nitriles is 1. The summed E-state index contributed by atoms with van der Waals surface area (Å²) in [7, 11) is 0. The summed E-state index contributed by atoms with van der Waals surface area (Å²) in [5, 5.41) is 12.5. The molecule has 2 aromatic heterocycles. The molecule has 1 aliphatic rings. The molecule has 0 spiro atoms. The third-order valence-corrected chi connectivity index (χ3v) is 6.10. The lowest BCUT2D eigenvalue weighted by Gasteiger charge is -2.32. The van der Waals surface area contributed by atoms with Gasteiger partial charge in [-0.25, -0.2) is 4.98 Å². The number of rotatable bonds is 6. The Hall–Kier alpha value is -4.12. The van der Waals surface area contributed by atoms with E-state index in [2.05, 4.69) is 17.1 Å². The molecule has 3 heterocycles. The first-order valence-electron chi connectivity index (χ1n) is 11.8. The van der Waals surface area contributed by atoms with Gasteiger partial charge in [0.05, 0.1) is 12.2 Å². The van der Waals surface area contributed by atoms with Crippen molar-refractivity contribution in [2.45, 2.75) is 33.6 Å². The van der Waals surface area contributed by atoms with Crippen LogP contribution >= 0.6 is 0 Å². The lowest BCUT2D eigenvalue weighted by Crippen LogP contribution is -2.37. The summed E-state index contributed by atoms with van der Waals surface area (Å²) in [4.78, 5) is 33.4. The number of hydrogen-bond donors (Lipinski definition) is 1. The highest BCUT2D eigenvalue weighted by atomic mass is 16.5. The van der Waals surface area contributed by atoms with Crippen molar-refractivity contribution in [1.82, 2.24) is 9.38 Å². The minimum absolute atomic E-state index is 0.170. The molecule has 1 atom stereocenters. The second kappa shape index (κ2) is 10.4. The van der Waals surface area contributed by atoms with Crippen LogP contribution in [-0.2, 0) is 4.79 Å². The highest BCUT2D eigenvalue weighted by Gasteiger charge is 2.24. The highest BCUT2D eigenvalue weighted by molar-refractivity contribution is 6.10. The van der Waals surface area contributed by atoms with Crippen molar-refractivity contribution in [2.24, 2.45) is 5.92 Å². The van der Waals surface area contributed by atoms with E-state index in [1.807, 2.05) is 26.0 Å². The molecule has 1 unspecified atom stereocenters. The predicted molar refractivity (Wildman–Crippen MR) is 137 cm³/mol. The molecule has 35 heavy (non-hydrogen) atoms. The van der Waals surface area contributed by atoms with Crippen molar-refractivity contribution in [2.75, 3.05) is 29.9 Å². The predicted octanol–water partition coefficient (Wildman–Crippen LogP) is 4.18. The molecule has 8 heteroatoms. The SMILES string of the molecule is CCOc1ccc(NC(=O)/C(C#N)=C/c2c(N3CCCC(C)C3)nc3c(C)cccn3c2=O)cc1. The first-order chi connectivity index (χ1) is 16.9. The number of fused-ring (bicyclic) bond motifs is 1. The van der Waals surface area contributed by atoms with Gasteiger partial charge in [-0.05, 0) is 74.6 Å². The van der Waals surface area contributed by atoms with Gasteiger partial charge < -0.3 is 15.0 Å². The fourth-order valence-electron chi connectivity index (χ4n) is 4.34. The van der Waals surface area contributed by atoms with Crippen molar-refractivity contribution in [3.63, 3.8) is 0 Å². The van der Waals surface area contributed by atoms with Crippen LogP contribution in [-0.4, -0.2) is 35.0 Å². The Bertz CT molecular complexity index is 1370. The number of aryl methyl sites for hydroxylation is 1. The number of aromatic nitrogens is 2. The zero-order valence-corrected chi connectivity index (χ0v) is 20.2. The molecule has 1 aliphatic heterocycles.